The number of halogens is 3. The highest BCUT2D eigenvalue weighted by Crippen LogP contribution is 2.15. The summed E-state index contributed by atoms with van der Waals surface area (Å²) in [7, 11) is 1.49. The smallest absolute Gasteiger partial charge is 0.261 e. The first-order valence-corrected chi connectivity index (χ1v) is 7.26. The molecular formula is C17H12F3N3O2. The molecule has 25 heavy (non-hydrogen) atoms. The number of rotatable bonds is 3. The zero-order valence-corrected chi connectivity index (χ0v) is 13.0. The topological polar surface area (TPSA) is 64.0 Å². The van der Waals surface area contributed by atoms with Crippen LogP contribution in [0.1, 0.15) is 16.2 Å². The Kier molecular flexibility index (Phi) is 4.26. The minimum absolute atomic E-state index is 0.187. The Labute approximate surface area is 139 Å². The third kappa shape index (κ3) is 2.98. The third-order valence-electron chi connectivity index (χ3n) is 3.76. The van der Waals surface area contributed by atoms with Gasteiger partial charge < -0.3 is 5.32 Å². The molecule has 0 unspecified atom stereocenters. The maximum absolute atomic E-state index is 13.6. The number of fused-ring (bicyclic) bond motifs is 1. The van der Waals surface area contributed by atoms with Gasteiger partial charge in [0, 0.05) is 7.05 Å². The van der Waals surface area contributed by atoms with Crippen LogP contribution in [-0.4, -0.2) is 15.5 Å². The van der Waals surface area contributed by atoms with Gasteiger partial charge in [0.15, 0.2) is 17.5 Å². The fraction of sp³-hybridized carbons (Fsp3) is 0.118. The molecule has 0 saturated carbocycles. The number of hydrogen-bond acceptors (Lipinski definition) is 3. The quantitative estimate of drug-likeness (QED) is 0.740. The second-order valence-electron chi connectivity index (χ2n) is 5.31. The molecule has 0 spiro atoms. The number of carbonyl (C=O) groups is 1. The van der Waals surface area contributed by atoms with E-state index in [0.29, 0.717) is 17.0 Å². The van der Waals surface area contributed by atoms with E-state index in [-0.39, 0.29) is 17.9 Å². The van der Waals surface area contributed by atoms with Crippen LogP contribution in [0, 0.1) is 17.5 Å². The van der Waals surface area contributed by atoms with Crippen LogP contribution in [0.25, 0.3) is 10.9 Å². The van der Waals surface area contributed by atoms with Crippen LogP contribution in [0.2, 0.25) is 0 Å². The Morgan fingerprint density at radius 3 is 2.60 bits per heavy atom. The molecule has 1 N–H and O–H groups in total. The van der Waals surface area contributed by atoms with Crippen molar-refractivity contribution in [2.45, 2.75) is 6.54 Å². The van der Waals surface area contributed by atoms with Gasteiger partial charge in [0.2, 0.25) is 0 Å². The summed E-state index contributed by atoms with van der Waals surface area (Å²) in [6.07, 6.45) is 0. The van der Waals surface area contributed by atoms with Crippen LogP contribution in [0.4, 0.5) is 13.2 Å². The Bertz CT molecular complexity index is 1050. The van der Waals surface area contributed by atoms with Crippen molar-refractivity contribution in [2.75, 3.05) is 0 Å². The first kappa shape index (κ1) is 16.7. The lowest BCUT2D eigenvalue weighted by Crippen LogP contribution is -2.30. The second kappa shape index (κ2) is 6.39. The van der Waals surface area contributed by atoms with E-state index in [4.69, 9.17) is 0 Å². The number of aromatic nitrogens is 2. The first-order chi connectivity index (χ1) is 11.9. The van der Waals surface area contributed by atoms with Crippen molar-refractivity contribution < 1.29 is 18.0 Å². The molecule has 3 aromatic rings. The summed E-state index contributed by atoms with van der Waals surface area (Å²) in [4.78, 5) is 28.5. The van der Waals surface area contributed by atoms with Gasteiger partial charge in [0.1, 0.15) is 5.82 Å². The summed E-state index contributed by atoms with van der Waals surface area (Å²) in [5.41, 5.74) is -0.479. The van der Waals surface area contributed by atoms with Crippen LogP contribution < -0.4 is 10.9 Å². The van der Waals surface area contributed by atoms with Gasteiger partial charge in [0.05, 0.1) is 23.0 Å². The Hall–Kier alpha value is -3.16. The number of carbonyl (C=O) groups excluding carboxylic acids is 1. The van der Waals surface area contributed by atoms with Crippen molar-refractivity contribution in [2.24, 2.45) is 7.05 Å². The molecule has 5 nitrogen and oxygen atoms in total. The molecule has 128 valence electrons. The molecule has 2 aromatic carbocycles. The van der Waals surface area contributed by atoms with Gasteiger partial charge in [-0.2, -0.15) is 0 Å². The Morgan fingerprint density at radius 1 is 1.12 bits per heavy atom. The Morgan fingerprint density at radius 2 is 1.84 bits per heavy atom. The molecule has 1 heterocycles. The summed E-state index contributed by atoms with van der Waals surface area (Å²) in [6.45, 7) is -0.187. The fourth-order valence-corrected chi connectivity index (χ4v) is 2.38. The SMILES string of the molecule is Cn1c(CNC(=O)c2ccc(F)c(F)c2F)nc2ccccc2c1=O. The molecule has 1 amide bonds. The predicted octanol–water partition coefficient (Wildman–Crippen LogP) is 2.28. The molecule has 0 radical (unpaired) electrons. The van der Waals surface area contributed by atoms with Gasteiger partial charge in [-0.15, -0.1) is 0 Å². The van der Waals surface area contributed by atoms with Crippen LogP contribution in [0.15, 0.2) is 41.2 Å². The summed E-state index contributed by atoms with van der Waals surface area (Å²) >= 11 is 0. The van der Waals surface area contributed by atoms with Crippen molar-refractivity contribution in [1.82, 2.24) is 14.9 Å². The highest BCUT2D eigenvalue weighted by molar-refractivity contribution is 5.94. The highest BCUT2D eigenvalue weighted by Gasteiger charge is 2.19. The van der Waals surface area contributed by atoms with Crippen LogP contribution in [0.3, 0.4) is 0 Å². The summed E-state index contributed by atoms with van der Waals surface area (Å²) in [5.74, 6) is -5.38. The third-order valence-corrected chi connectivity index (χ3v) is 3.76. The van der Waals surface area contributed by atoms with Crippen molar-refractivity contribution in [3.05, 3.63) is 75.6 Å². The number of nitrogens with one attached hydrogen (secondary N) is 1. The van der Waals surface area contributed by atoms with Gasteiger partial charge in [-0.05, 0) is 24.3 Å². The van der Waals surface area contributed by atoms with E-state index in [1.807, 2.05) is 0 Å². The largest absolute Gasteiger partial charge is 0.345 e. The summed E-state index contributed by atoms with van der Waals surface area (Å²) < 4.78 is 41.0. The molecule has 0 bridgehead atoms. The van der Waals surface area contributed by atoms with E-state index in [9.17, 15) is 22.8 Å². The number of nitrogens with zero attached hydrogens (tertiary/aromatic N) is 2. The lowest BCUT2D eigenvalue weighted by atomic mass is 10.2. The molecule has 3 rings (SSSR count). The number of para-hydroxylation sites is 1. The van der Waals surface area contributed by atoms with E-state index >= 15 is 0 Å². The van der Waals surface area contributed by atoms with Gasteiger partial charge >= 0.3 is 0 Å². The van der Waals surface area contributed by atoms with Gasteiger partial charge in [-0.3, -0.25) is 14.2 Å². The monoisotopic (exact) mass is 347 g/mol. The zero-order valence-electron chi connectivity index (χ0n) is 13.0. The maximum atomic E-state index is 13.6. The van der Waals surface area contributed by atoms with Gasteiger partial charge in [-0.25, -0.2) is 18.2 Å². The van der Waals surface area contributed by atoms with Crippen molar-refractivity contribution in [1.29, 1.82) is 0 Å². The molecular weight excluding hydrogens is 335 g/mol. The maximum Gasteiger partial charge on any atom is 0.261 e. The zero-order chi connectivity index (χ0) is 18.1. The van der Waals surface area contributed by atoms with Gasteiger partial charge in [-0.1, -0.05) is 12.1 Å². The standard InChI is InChI=1S/C17H12F3N3O2/c1-23-13(22-12-5-3-2-4-9(12)17(23)25)8-21-16(24)10-6-7-11(18)15(20)14(10)19/h2-7H,8H2,1H3,(H,21,24). The van der Waals surface area contributed by atoms with E-state index in [1.165, 1.54) is 11.6 Å². The average molecular weight is 347 g/mol. The number of hydrogen-bond donors (Lipinski definition) is 1. The molecule has 0 fully saturated rings. The van der Waals surface area contributed by atoms with Crippen LogP contribution in [-0.2, 0) is 13.6 Å². The lowest BCUT2D eigenvalue weighted by molar-refractivity contribution is 0.0944. The van der Waals surface area contributed by atoms with Crippen molar-refractivity contribution in [3.8, 4) is 0 Å². The molecule has 0 aliphatic heterocycles. The Balaban J connectivity index is 1.88. The molecule has 0 aliphatic carbocycles. The predicted molar refractivity (Wildman–Crippen MR) is 84.5 cm³/mol. The number of benzene rings is 2. The van der Waals surface area contributed by atoms with E-state index in [0.717, 1.165) is 6.07 Å². The first-order valence-electron chi connectivity index (χ1n) is 7.26. The van der Waals surface area contributed by atoms with E-state index in [2.05, 4.69) is 10.3 Å². The summed E-state index contributed by atoms with van der Waals surface area (Å²) in [5, 5.41) is 2.77. The summed E-state index contributed by atoms with van der Waals surface area (Å²) in [6, 6.07) is 8.21. The molecule has 8 heteroatoms. The average Bonchev–Trinajstić information content (AvgIpc) is 2.61. The fourth-order valence-electron chi connectivity index (χ4n) is 2.38. The minimum atomic E-state index is -1.72. The molecule has 0 aliphatic rings. The van der Waals surface area contributed by atoms with Crippen molar-refractivity contribution >= 4 is 16.8 Å². The van der Waals surface area contributed by atoms with E-state index < -0.39 is 28.9 Å². The van der Waals surface area contributed by atoms with Crippen molar-refractivity contribution in [3.63, 3.8) is 0 Å². The van der Waals surface area contributed by atoms with E-state index in [1.54, 1.807) is 24.3 Å². The van der Waals surface area contributed by atoms with Gasteiger partial charge in [0.25, 0.3) is 11.5 Å². The molecule has 0 atom stereocenters. The van der Waals surface area contributed by atoms with Crippen LogP contribution >= 0.6 is 0 Å². The lowest BCUT2D eigenvalue weighted by Gasteiger charge is -2.11. The normalized spacial score (nSPS) is 10.9. The molecule has 0 saturated heterocycles. The number of amides is 1. The van der Waals surface area contributed by atoms with Crippen LogP contribution in [0.5, 0.6) is 0 Å². The minimum Gasteiger partial charge on any atom is -0.345 e. The highest BCUT2D eigenvalue weighted by atomic mass is 19.2. The second-order valence-corrected chi connectivity index (χ2v) is 5.31. The molecule has 1 aromatic heterocycles.